The molecular weight excluding hydrogens is 228 g/mol. The van der Waals surface area contributed by atoms with E-state index in [9.17, 15) is 4.79 Å². The van der Waals surface area contributed by atoms with Crippen molar-refractivity contribution in [1.29, 1.82) is 0 Å². The van der Waals surface area contributed by atoms with Crippen molar-refractivity contribution >= 4 is 11.7 Å². The number of anilines is 1. The Hall–Kier alpha value is -1.62. The van der Waals surface area contributed by atoms with Gasteiger partial charge in [0.05, 0.1) is 0 Å². The maximum Gasteiger partial charge on any atom is 0.245 e. The molecule has 1 aromatic rings. The number of nitrogens with zero attached hydrogens (tertiary/aromatic N) is 2. The topological polar surface area (TPSA) is 71.2 Å². The molecule has 1 amide bonds. The van der Waals surface area contributed by atoms with Crippen LogP contribution in [0.2, 0.25) is 0 Å². The van der Waals surface area contributed by atoms with Gasteiger partial charge in [-0.05, 0) is 38.5 Å². The molecule has 1 aliphatic heterocycles. The Morgan fingerprint density at radius 1 is 1.56 bits per heavy atom. The number of hydrogen-bond acceptors (Lipinski definition) is 4. The number of carbonyl (C=O) groups is 1. The van der Waals surface area contributed by atoms with Gasteiger partial charge in [0.25, 0.3) is 0 Å². The summed E-state index contributed by atoms with van der Waals surface area (Å²) in [5, 5.41) is 2.88. The average molecular weight is 248 g/mol. The van der Waals surface area contributed by atoms with Crippen molar-refractivity contribution in [3.8, 4) is 0 Å². The maximum absolute atomic E-state index is 11.9. The van der Waals surface area contributed by atoms with Gasteiger partial charge in [0, 0.05) is 25.3 Å². The molecule has 0 spiro atoms. The summed E-state index contributed by atoms with van der Waals surface area (Å²) in [4.78, 5) is 18.3. The van der Waals surface area contributed by atoms with E-state index in [-0.39, 0.29) is 11.9 Å². The minimum Gasteiger partial charge on any atom is -0.352 e. The van der Waals surface area contributed by atoms with Crippen molar-refractivity contribution in [3.05, 3.63) is 23.9 Å². The molecule has 5 heteroatoms. The number of carbonyl (C=O) groups excluding carboxylic acids is 1. The van der Waals surface area contributed by atoms with Crippen LogP contribution < -0.4 is 16.0 Å². The number of aromatic nitrogens is 1. The van der Waals surface area contributed by atoms with Crippen molar-refractivity contribution in [1.82, 2.24) is 10.3 Å². The van der Waals surface area contributed by atoms with E-state index in [0.29, 0.717) is 6.54 Å². The van der Waals surface area contributed by atoms with Crippen LogP contribution in [-0.2, 0) is 4.79 Å². The Morgan fingerprint density at radius 3 is 2.94 bits per heavy atom. The summed E-state index contributed by atoms with van der Waals surface area (Å²) in [6.07, 6.45) is 1.75. The standard InChI is InChI=1S/C13H20N4O/c1-9(14)10-4-5-15-11(8-10)17-7-6-16-12(18)13(17,2)3/h4-5,8-9H,6-7,14H2,1-3H3,(H,16,18). The molecule has 3 N–H and O–H groups in total. The van der Waals surface area contributed by atoms with Crippen LogP contribution in [-0.4, -0.2) is 29.5 Å². The Labute approximate surface area is 107 Å². The van der Waals surface area contributed by atoms with Gasteiger partial charge in [-0.1, -0.05) is 0 Å². The van der Waals surface area contributed by atoms with Gasteiger partial charge in [0.2, 0.25) is 5.91 Å². The largest absolute Gasteiger partial charge is 0.352 e. The third kappa shape index (κ3) is 2.18. The molecule has 5 nitrogen and oxygen atoms in total. The first-order valence-electron chi connectivity index (χ1n) is 6.20. The predicted molar refractivity (Wildman–Crippen MR) is 71.3 cm³/mol. The molecule has 98 valence electrons. The first-order valence-corrected chi connectivity index (χ1v) is 6.20. The second kappa shape index (κ2) is 4.57. The highest BCUT2D eigenvalue weighted by molar-refractivity contribution is 5.90. The fourth-order valence-electron chi connectivity index (χ4n) is 2.17. The van der Waals surface area contributed by atoms with Crippen LogP contribution in [0.3, 0.4) is 0 Å². The van der Waals surface area contributed by atoms with Crippen molar-refractivity contribution in [2.24, 2.45) is 5.73 Å². The zero-order valence-electron chi connectivity index (χ0n) is 11.1. The lowest BCUT2D eigenvalue weighted by atomic mass is 9.98. The van der Waals surface area contributed by atoms with Crippen LogP contribution in [0.4, 0.5) is 5.82 Å². The molecule has 1 atom stereocenters. The highest BCUT2D eigenvalue weighted by Crippen LogP contribution is 2.25. The van der Waals surface area contributed by atoms with Gasteiger partial charge >= 0.3 is 0 Å². The van der Waals surface area contributed by atoms with E-state index in [1.165, 1.54) is 0 Å². The molecule has 1 fully saturated rings. The molecule has 0 aromatic carbocycles. The third-order valence-corrected chi connectivity index (χ3v) is 3.42. The van der Waals surface area contributed by atoms with E-state index >= 15 is 0 Å². The first-order chi connectivity index (χ1) is 8.43. The Bertz CT molecular complexity index is 456. The maximum atomic E-state index is 11.9. The number of nitrogens with two attached hydrogens (primary N) is 1. The van der Waals surface area contributed by atoms with Gasteiger partial charge in [-0.15, -0.1) is 0 Å². The fourth-order valence-corrected chi connectivity index (χ4v) is 2.17. The van der Waals surface area contributed by atoms with Crippen molar-refractivity contribution in [2.75, 3.05) is 18.0 Å². The van der Waals surface area contributed by atoms with Crippen LogP contribution in [0.5, 0.6) is 0 Å². The van der Waals surface area contributed by atoms with Gasteiger partial charge < -0.3 is 16.0 Å². The smallest absolute Gasteiger partial charge is 0.245 e. The predicted octanol–water partition coefficient (Wildman–Crippen LogP) is 0.816. The van der Waals surface area contributed by atoms with Crippen LogP contribution in [0.15, 0.2) is 18.3 Å². The fraction of sp³-hybridized carbons (Fsp3) is 0.538. The van der Waals surface area contributed by atoms with E-state index in [0.717, 1.165) is 17.9 Å². The normalized spacial score (nSPS) is 20.4. The van der Waals surface area contributed by atoms with E-state index in [1.807, 2.05) is 37.8 Å². The quantitative estimate of drug-likeness (QED) is 0.812. The number of piperazine rings is 1. The number of pyridine rings is 1. The van der Waals surface area contributed by atoms with E-state index < -0.39 is 5.54 Å². The molecule has 0 bridgehead atoms. The van der Waals surface area contributed by atoms with Crippen molar-refractivity contribution < 1.29 is 4.79 Å². The number of amides is 1. The van der Waals surface area contributed by atoms with Crippen LogP contribution in [0, 0.1) is 0 Å². The van der Waals surface area contributed by atoms with E-state index in [2.05, 4.69) is 10.3 Å². The van der Waals surface area contributed by atoms with Crippen LogP contribution in [0.1, 0.15) is 32.4 Å². The first kappa shape index (κ1) is 12.8. The van der Waals surface area contributed by atoms with Gasteiger partial charge in [-0.25, -0.2) is 4.98 Å². The summed E-state index contributed by atoms with van der Waals surface area (Å²) < 4.78 is 0. The molecule has 0 aliphatic carbocycles. The number of rotatable bonds is 2. The lowest BCUT2D eigenvalue weighted by Gasteiger charge is -2.42. The molecule has 1 unspecified atom stereocenters. The molecule has 0 radical (unpaired) electrons. The van der Waals surface area contributed by atoms with Crippen LogP contribution in [0.25, 0.3) is 0 Å². The van der Waals surface area contributed by atoms with E-state index in [4.69, 9.17) is 5.73 Å². The lowest BCUT2D eigenvalue weighted by Crippen LogP contribution is -2.62. The second-order valence-electron chi connectivity index (χ2n) is 5.20. The average Bonchev–Trinajstić information content (AvgIpc) is 2.32. The summed E-state index contributed by atoms with van der Waals surface area (Å²) >= 11 is 0. The highest BCUT2D eigenvalue weighted by atomic mass is 16.2. The van der Waals surface area contributed by atoms with Crippen molar-refractivity contribution in [3.63, 3.8) is 0 Å². The molecule has 1 aromatic heterocycles. The minimum absolute atomic E-state index is 0.0294. The summed E-state index contributed by atoms with van der Waals surface area (Å²) in [6, 6.07) is 3.84. The minimum atomic E-state index is -0.582. The second-order valence-corrected chi connectivity index (χ2v) is 5.20. The monoisotopic (exact) mass is 248 g/mol. The molecule has 18 heavy (non-hydrogen) atoms. The molecule has 2 heterocycles. The number of hydrogen-bond donors (Lipinski definition) is 2. The van der Waals surface area contributed by atoms with Gasteiger partial charge in [-0.3, -0.25) is 4.79 Å². The Balaban J connectivity index is 2.35. The number of nitrogens with one attached hydrogen (secondary N) is 1. The third-order valence-electron chi connectivity index (χ3n) is 3.42. The van der Waals surface area contributed by atoms with Gasteiger partial charge in [-0.2, -0.15) is 0 Å². The van der Waals surface area contributed by atoms with E-state index in [1.54, 1.807) is 6.20 Å². The van der Waals surface area contributed by atoms with Gasteiger partial charge in [0.15, 0.2) is 0 Å². The molecule has 2 rings (SSSR count). The summed E-state index contributed by atoms with van der Waals surface area (Å²) in [5.41, 5.74) is 6.33. The van der Waals surface area contributed by atoms with Crippen molar-refractivity contribution in [2.45, 2.75) is 32.4 Å². The lowest BCUT2D eigenvalue weighted by molar-refractivity contribution is -0.126. The Morgan fingerprint density at radius 2 is 2.28 bits per heavy atom. The summed E-state index contributed by atoms with van der Waals surface area (Å²) in [5.74, 6) is 0.839. The molecule has 0 saturated carbocycles. The summed E-state index contributed by atoms with van der Waals surface area (Å²) in [6.45, 7) is 7.15. The van der Waals surface area contributed by atoms with Crippen LogP contribution >= 0.6 is 0 Å². The zero-order valence-corrected chi connectivity index (χ0v) is 11.1. The molecular formula is C13H20N4O. The molecule has 1 saturated heterocycles. The zero-order chi connectivity index (χ0) is 13.3. The van der Waals surface area contributed by atoms with Gasteiger partial charge in [0.1, 0.15) is 11.4 Å². The SMILES string of the molecule is CC(N)c1ccnc(N2CCNC(=O)C2(C)C)c1. The highest BCUT2D eigenvalue weighted by Gasteiger charge is 2.38. The molecule has 1 aliphatic rings. The summed E-state index contributed by atoms with van der Waals surface area (Å²) in [7, 11) is 0. The Kier molecular flexibility index (Phi) is 3.26.